The van der Waals surface area contributed by atoms with Gasteiger partial charge in [-0.2, -0.15) is 5.10 Å². The Morgan fingerprint density at radius 3 is 2.88 bits per heavy atom. The molecular weight excluding hydrogens is 106 g/mol. The van der Waals surface area contributed by atoms with Gasteiger partial charge < -0.3 is 5.73 Å². The van der Waals surface area contributed by atoms with Crippen LogP contribution in [-0.4, -0.2) is 17.8 Å². The summed E-state index contributed by atoms with van der Waals surface area (Å²) in [5.74, 6) is 0.204. The molecule has 0 fully saturated rings. The first-order valence-electron chi connectivity index (χ1n) is 2.17. The van der Waals surface area contributed by atoms with E-state index in [1.54, 1.807) is 0 Å². The molecule has 0 aliphatic carbocycles. The number of amidine groups is 1. The summed E-state index contributed by atoms with van der Waals surface area (Å²) in [6, 6.07) is 0. The number of ketones is 1. The Labute approximate surface area is 46.1 Å². The normalized spacial score (nSPS) is 18.5. The maximum Gasteiger partial charge on any atom is 0.183 e. The van der Waals surface area contributed by atoms with Crippen molar-refractivity contribution in [3.63, 3.8) is 0 Å². The number of hydrogen-bond acceptors (Lipinski definition) is 4. The van der Waals surface area contributed by atoms with Crippen LogP contribution < -0.4 is 5.73 Å². The van der Waals surface area contributed by atoms with Gasteiger partial charge in [-0.05, 0) is 0 Å². The summed E-state index contributed by atoms with van der Waals surface area (Å²) in [5.41, 5.74) is 5.14. The van der Waals surface area contributed by atoms with E-state index in [1.165, 1.54) is 0 Å². The average Bonchev–Trinajstić information content (AvgIpc) is 1.64. The predicted octanol–water partition coefficient (Wildman–Crippen LogP) is -0.698. The standard InChI is InChI=1S/C4H5N3O/c5-4-1-3(8)2-6-7-4/h2H,1H2,(H2,5,7). The summed E-state index contributed by atoms with van der Waals surface area (Å²) < 4.78 is 0. The first-order valence-corrected chi connectivity index (χ1v) is 2.17. The van der Waals surface area contributed by atoms with Crippen LogP contribution >= 0.6 is 0 Å². The van der Waals surface area contributed by atoms with Gasteiger partial charge in [-0.15, -0.1) is 5.10 Å². The van der Waals surface area contributed by atoms with Crippen molar-refractivity contribution in [3.05, 3.63) is 0 Å². The number of carbonyl (C=O) groups is 1. The number of nitrogens with two attached hydrogens (primary N) is 1. The molecule has 0 aromatic heterocycles. The Balaban J connectivity index is 2.73. The molecule has 1 rings (SSSR count). The van der Waals surface area contributed by atoms with Gasteiger partial charge in [0.25, 0.3) is 0 Å². The van der Waals surface area contributed by atoms with E-state index in [9.17, 15) is 4.79 Å². The number of hydrogen-bond donors (Lipinski definition) is 1. The molecule has 0 radical (unpaired) electrons. The van der Waals surface area contributed by atoms with Crippen molar-refractivity contribution in [3.8, 4) is 0 Å². The van der Waals surface area contributed by atoms with Gasteiger partial charge in [-0.1, -0.05) is 0 Å². The lowest BCUT2D eigenvalue weighted by Crippen LogP contribution is -2.19. The molecule has 4 nitrogen and oxygen atoms in total. The first kappa shape index (κ1) is 4.96. The smallest absolute Gasteiger partial charge is 0.183 e. The second-order valence-electron chi connectivity index (χ2n) is 1.48. The van der Waals surface area contributed by atoms with Crippen LogP contribution in [0.5, 0.6) is 0 Å². The molecule has 42 valence electrons. The zero-order valence-electron chi connectivity index (χ0n) is 4.16. The van der Waals surface area contributed by atoms with Crippen LogP contribution in [0.1, 0.15) is 6.42 Å². The Morgan fingerprint density at radius 2 is 2.50 bits per heavy atom. The van der Waals surface area contributed by atoms with E-state index in [1.807, 2.05) is 0 Å². The van der Waals surface area contributed by atoms with Gasteiger partial charge in [-0.3, -0.25) is 4.79 Å². The van der Waals surface area contributed by atoms with E-state index < -0.39 is 0 Å². The fraction of sp³-hybridized carbons (Fsp3) is 0.250. The van der Waals surface area contributed by atoms with Crippen molar-refractivity contribution in [2.75, 3.05) is 0 Å². The third kappa shape index (κ3) is 0.900. The lowest BCUT2D eigenvalue weighted by Gasteiger charge is -1.95. The van der Waals surface area contributed by atoms with Gasteiger partial charge >= 0.3 is 0 Å². The highest BCUT2D eigenvalue weighted by atomic mass is 16.1. The summed E-state index contributed by atoms with van der Waals surface area (Å²) in [5, 5.41) is 6.75. The maximum absolute atomic E-state index is 10.4. The minimum atomic E-state index is -0.0856. The van der Waals surface area contributed by atoms with E-state index in [2.05, 4.69) is 10.2 Å². The van der Waals surface area contributed by atoms with Gasteiger partial charge in [-0.25, -0.2) is 0 Å². The highest BCUT2D eigenvalue weighted by Gasteiger charge is 2.04. The van der Waals surface area contributed by atoms with E-state index in [4.69, 9.17) is 5.73 Å². The van der Waals surface area contributed by atoms with Crippen molar-refractivity contribution in [1.82, 2.24) is 0 Å². The average molecular weight is 111 g/mol. The van der Waals surface area contributed by atoms with Gasteiger partial charge in [0.15, 0.2) is 5.78 Å². The Morgan fingerprint density at radius 1 is 1.75 bits per heavy atom. The summed E-state index contributed by atoms with van der Waals surface area (Å²) >= 11 is 0. The number of Topliss-reactive ketones (excluding diaryl/α,β-unsaturated/α-hetero) is 1. The van der Waals surface area contributed by atoms with Crippen molar-refractivity contribution in [2.45, 2.75) is 6.42 Å². The lowest BCUT2D eigenvalue weighted by molar-refractivity contribution is -0.111. The van der Waals surface area contributed by atoms with Crippen molar-refractivity contribution in [2.24, 2.45) is 15.9 Å². The third-order valence-corrected chi connectivity index (χ3v) is 0.743. The molecule has 0 amide bonds. The fourth-order valence-electron chi connectivity index (χ4n) is 0.427. The Kier molecular flexibility index (Phi) is 1.07. The summed E-state index contributed by atoms with van der Waals surface area (Å²) in [4.78, 5) is 10.4. The zero-order chi connectivity index (χ0) is 5.98. The molecule has 0 aromatic rings. The number of rotatable bonds is 0. The van der Waals surface area contributed by atoms with Crippen molar-refractivity contribution < 1.29 is 4.79 Å². The highest BCUT2D eigenvalue weighted by Crippen LogP contribution is 1.88. The highest BCUT2D eigenvalue weighted by molar-refractivity contribution is 6.33. The second kappa shape index (κ2) is 1.73. The van der Waals surface area contributed by atoms with Gasteiger partial charge in [0.2, 0.25) is 0 Å². The molecule has 0 aromatic carbocycles. The summed E-state index contributed by atoms with van der Waals surface area (Å²) in [6.45, 7) is 0. The zero-order valence-corrected chi connectivity index (χ0v) is 4.16. The summed E-state index contributed by atoms with van der Waals surface area (Å²) in [7, 11) is 0. The quantitative estimate of drug-likeness (QED) is 0.449. The van der Waals surface area contributed by atoms with Crippen LogP contribution in [0.4, 0.5) is 0 Å². The van der Waals surface area contributed by atoms with E-state index in [0.29, 0.717) is 0 Å². The SMILES string of the molecule is NC1=NN=CC(=O)C1. The first-order chi connectivity index (χ1) is 3.79. The van der Waals surface area contributed by atoms with Crippen LogP contribution in [0.3, 0.4) is 0 Å². The van der Waals surface area contributed by atoms with Crippen LogP contribution in [0.25, 0.3) is 0 Å². The van der Waals surface area contributed by atoms with Crippen molar-refractivity contribution >= 4 is 17.8 Å². The molecule has 8 heavy (non-hydrogen) atoms. The monoisotopic (exact) mass is 111 g/mol. The van der Waals surface area contributed by atoms with Gasteiger partial charge in [0.1, 0.15) is 5.84 Å². The number of nitrogens with zero attached hydrogens (tertiary/aromatic N) is 2. The molecule has 0 atom stereocenters. The van der Waals surface area contributed by atoms with Crippen LogP contribution in [-0.2, 0) is 4.79 Å². The minimum absolute atomic E-state index is 0.0856. The maximum atomic E-state index is 10.4. The minimum Gasteiger partial charge on any atom is -0.385 e. The van der Waals surface area contributed by atoms with E-state index in [0.717, 1.165) is 6.21 Å². The Hall–Kier alpha value is -1.19. The fourth-order valence-corrected chi connectivity index (χ4v) is 0.427. The van der Waals surface area contributed by atoms with Gasteiger partial charge in [0, 0.05) is 0 Å². The topological polar surface area (TPSA) is 67.8 Å². The van der Waals surface area contributed by atoms with Gasteiger partial charge in [0.05, 0.1) is 12.6 Å². The van der Waals surface area contributed by atoms with Crippen LogP contribution in [0.15, 0.2) is 10.2 Å². The largest absolute Gasteiger partial charge is 0.385 e. The Bertz CT molecular complexity index is 170. The van der Waals surface area contributed by atoms with Crippen LogP contribution in [0, 0.1) is 0 Å². The van der Waals surface area contributed by atoms with E-state index in [-0.39, 0.29) is 18.0 Å². The molecule has 0 spiro atoms. The van der Waals surface area contributed by atoms with Crippen molar-refractivity contribution in [1.29, 1.82) is 0 Å². The number of carbonyl (C=O) groups excluding carboxylic acids is 1. The predicted molar refractivity (Wildman–Crippen MR) is 29.7 cm³/mol. The molecule has 1 aliphatic rings. The van der Waals surface area contributed by atoms with Crippen LogP contribution in [0.2, 0.25) is 0 Å². The van der Waals surface area contributed by atoms with E-state index >= 15 is 0 Å². The molecule has 2 N–H and O–H groups in total. The summed E-state index contributed by atoms with van der Waals surface area (Å²) in [6.07, 6.45) is 1.37. The molecular formula is C4H5N3O. The third-order valence-electron chi connectivity index (χ3n) is 0.743. The molecule has 0 saturated carbocycles. The molecule has 1 heterocycles. The lowest BCUT2D eigenvalue weighted by atomic mass is 10.3. The second-order valence-corrected chi connectivity index (χ2v) is 1.48. The molecule has 0 bridgehead atoms. The molecule has 0 unspecified atom stereocenters. The molecule has 4 heteroatoms. The molecule has 0 saturated heterocycles. The molecule has 1 aliphatic heterocycles.